The van der Waals surface area contributed by atoms with Crippen LogP contribution in [0.2, 0.25) is 0 Å². The molecule has 1 aliphatic rings. The molecule has 0 aromatic heterocycles. The zero-order chi connectivity index (χ0) is 24.1. The van der Waals surface area contributed by atoms with E-state index in [0.29, 0.717) is 33.7 Å². The standard InChI is InChI=1S/C23H21BrFNO6S/c1-4-31-18-10-14(9-16(24)20(18)32-12-15-7-5-6-8-17(15)25)11-19-21(27)26(23(29)33-19)13(2)22(28)30-3/h5-11,13H,4,12H2,1-3H3/b19-11+/t13-/m1/s1. The minimum atomic E-state index is -1.03. The number of nitrogens with zero attached hydrogens (tertiary/aromatic N) is 1. The van der Waals surface area contributed by atoms with Crippen LogP contribution >= 0.6 is 27.7 Å². The predicted molar refractivity (Wildman–Crippen MR) is 125 cm³/mol. The van der Waals surface area contributed by atoms with Gasteiger partial charge in [0.25, 0.3) is 11.1 Å². The molecule has 0 bridgehead atoms. The molecule has 2 aromatic carbocycles. The minimum absolute atomic E-state index is 0.00496. The Kier molecular flexibility index (Phi) is 8.15. The molecule has 0 radical (unpaired) electrons. The molecular weight excluding hydrogens is 517 g/mol. The number of hydrogen-bond acceptors (Lipinski definition) is 7. The SMILES string of the molecule is CCOc1cc(/C=C2/SC(=O)N([C@H](C)C(=O)OC)C2=O)cc(Br)c1OCc1ccccc1F. The molecular formula is C23H21BrFNO6S. The molecule has 7 nitrogen and oxygen atoms in total. The Morgan fingerprint density at radius 3 is 2.64 bits per heavy atom. The minimum Gasteiger partial charge on any atom is -0.490 e. The van der Waals surface area contributed by atoms with Gasteiger partial charge in [-0.1, -0.05) is 18.2 Å². The van der Waals surface area contributed by atoms with Gasteiger partial charge in [0.1, 0.15) is 18.5 Å². The van der Waals surface area contributed by atoms with E-state index < -0.39 is 23.2 Å². The average Bonchev–Trinajstić information content (AvgIpc) is 3.06. The maximum absolute atomic E-state index is 13.9. The normalized spacial score (nSPS) is 15.7. The zero-order valence-electron chi connectivity index (χ0n) is 18.1. The summed E-state index contributed by atoms with van der Waals surface area (Å²) in [6, 6.07) is 8.62. The van der Waals surface area contributed by atoms with Gasteiger partial charge in [-0.05, 0) is 71.4 Å². The summed E-state index contributed by atoms with van der Waals surface area (Å²) in [4.78, 5) is 37.9. The van der Waals surface area contributed by atoms with Gasteiger partial charge < -0.3 is 14.2 Å². The Bertz CT molecular complexity index is 1120. The van der Waals surface area contributed by atoms with Crippen LogP contribution in [0, 0.1) is 5.82 Å². The van der Waals surface area contributed by atoms with Crippen LogP contribution < -0.4 is 9.47 Å². The smallest absolute Gasteiger partial charge is 0.328 e. The van der Waals surface area contributed by atoms with Gasteiger partial charge in [-0.25, -0.2) is 9.18 Å². The second-order valence-electron chi connectivity index (χ2n) is 6.89. The summed E-state index contributed by atoms with van der Waals surface area (Å²) in [7, 11) is 1.19. The number of carbonyl (C=O) groups is 3. The summed E-state index contributed by atoms with van der Waals surface area (Å²) < 4.78 is 30.6. The Labute approximate surface area is 203 Å². The predicted octanol–water partition coefficient (Wildman–Crippen LogP) is 5.16. The molecule has 2 aromatic rings. The Hall–Kier alpha value is -2.85. The van der Waals surface area contributed by atoms with Crippen LogP contribution in [0.5, 0.6) is 11.5 Å². The second kappa shape index (κ2) is 10.8. The van der Waals surface area contributed by atoms with Gasteiger partial charge >= 0.3 is 5.97 Å². The van der Waals surface area contributed by atoms with Gasteiger partial charge in [-0.15, -0.1) is 0 Å². The summed E-state index contributed by atoms with van der Waals surface area (Å²) in [5.41, 5.74) is 0.962. The molecule has 10 heteroatoms. The number of carbonyl (C=O) groups excluding carboxylic acids is 3. The first kappa shape index (κ1) is 24.8. The van der Waals surface area contributed by atoms with Gasteiger partial charge in [0, 0.05) is 5.56 Å². The highest BCUT2D eigenvalue weighted by atomic mass is 79.9. The lowest BCUT2D eigenvalue weighted by Crippen LogP contribution is -2.42. The molecule has 1 atom stereocenters. The number of amides is 2. The topological polar surface area (TPSA) is 82.1 Å². The molecule has 0 saturated carbocycles. The van der Waals surface area contributed by atoms with E-state index in [0.717, 1.165) is 16.7 Å². The highest BCUT2D eigenvalue weighted by Crippen LogP contribution is 2.40. The molecule has 0 unspecified atom stereocenters. The summed E-state index contributed by atoms with van der Waals surface area (Å²) in [6.07, 6.45) is 1.53. The van der Waals surface area contributed by atoms with Gasteiger partial charge in [0.15, 0.2) is 11.5 Å². The van der Waals surface area contributed by atoms with E-state index in [1.807, 2.05) is 0 Å². The van der Waals surface area contributed by atoms with Crippen molar-refractivity contribution in [2.75, 3.05) is 13.7 Å². The summed E-state index contributed by atoms with van der Waals surface area (Å²) >= 11 is 4.17. The van der Waals surface area contributed by atoms with Crippen LogP contribution in [-0.2, 0) is 20.9 Å². The van der Waals surface area contributed by atoms with Crippen LogP contribution in [0.15, 0.2) is 45.8 Å². The fourth-order valence-corrected chi connectivity index (χ4v) is 4.56. The van der Waals surface area contributed by atoms with Gasteiger partial charge in [0.2, 0.25) is 0 Å². The van der Waals surface area contributed by atoms with E-state index in [1.54, 1.807) is 37.3 Å². The number of hydrogen-bond donors (Lipinski definition) is 0. The number of esters is 1. The fraction of sp³-hybridized carbons (Fsp3) is 0.261. The van der Waals surface area contributed by atoms with E-state index in [-0.39, 0.29) is 17.3 Å². The Morgan fingerprint density at radius 1 is 1.24 bits per heavy atom. The number of thioether (sulfide) groups is 1. The summed E-state index contributed by atoms with van der Waals surface area (Å²) in [5, 5.41) is -0.557. The molecule has 33 heavy (non-hydrogen) atoms. The molecule has 174 valence electrons. The zero-order valence-corrected chi connectivity index (χ0v) is 20.5. The first-order chi connectivity index (χ1) is 15.8. The van der Waals surface area contributed by atoms with Gasteiger partial charge in [-0.3, -0.25) is 14.5 Å². The number of halogens is 2. The quantitative estimate of drug-likeness (QED) is 0.339. The number of methoxy groups -OCH3 is 1. The maximum Gasteiger partial charge on any atom is 0.328 e. The van der Waals surface area contributed by atoms with Crippen molar-refractivity contribution in [2.24, 2.45) is 0 Å². The van der Waals surface area contributed by atoms with Crippen molar-refractivity contribution in [1.82, 2.24) is 4.90 Å². The van der Waals surface area contributed by atoms with E-state index in [2.05, 4.69) is 20.7 Å². The summed E-state index contributed by atoms with van der Waals surface area (Å²) in [6.45, 7) is 3.57. The third-order valence-electron chi connectivity index (χ3n) is 4.71. The van der Waals surface area contributed by atoms with Crippen LogP contribution in [0.3, 0.4) is 0 Å². The van der Waals surface area contributed by atoms with Crippen LogP contribution in [0.4, 0.5) is 9.18 Å². The highest BCUT2D eigenvalue weighted by molar-refractivity contribution is 9.10. The van der Waals surface area contributed by atoms with Crippen LogP contribution in [-0.4, -0.2) is 41.8 Å². The lowest BCUT2D eigenvalue weighted by atomic mass is 10.1. The fourth-order valence-electron chi connectivity index (χ4n) is 3.08. The molecule has 2 amide bonds. The van der Waals surface area contributed by atoms with Gasteiger partial charge in [0.05, 0.1) is 23.1 Å². The second-order valence-corrected chi connectivity index (χ2v) is 8.74. The largest absolute Gasteiger partial charge is 0.490 e. The van der Waals surface area contributed by atoms with E-state index in [4.69, 9.17) is 9.47 Å². The van der Waals surface area contributed by atoms with E-state index >= 15 is 0 Å². The third-order valence-corrected chi connectivity index (χ3v) is 6.19. The molecule has 3 rings (SSSR count). The highest BCUT2D eigenvalue weighted by Gasteiger charge is 2.41. The number of benzene rings is 2. The Balaban J connectivity index is 1.88. The van der Waals surface area contributed by atoms with Gasteiger partial charge in [-0.2, -0.15) is 0 Å². The average molecular weight is 538 g/mol. The van der Waals surface area contributed by atoms with E-state index in [9.17, 15) is 18.8 Å². The molecule has 0 spiro atoms. The first-order valence-corrected chi connectivity index (χ1v) is 11.5. The summed E-state index contributed by atoms with van der Waals surface area (Å²) in [5.74, 6) is -0.880. The first-order valence-electron chi connectivity index (χ1n) is 9.94. The van der Waals surface area contributed by atoms with Crippen molar-refractivity contribution < 1.29 is 33.0 Å². The lowest BCUT2D eigenvalue weighted by Gasteiger charge is -2.18. The lowest BCUT2D eigenvalue weighted by molar-refractivity contribution is -0.148. The third kappa shape index (κ3) is 5.56. The van der Waals surface area contributed by atoms with Crippen LogP contribution in [0.25, 0.3) is 6.08 Å². The molecule has 1 heterocycles. The van der Waals surface area contributed by atoms with Crippen LogP contribution in [0.1, 0.15) is 25.0 Å². The van der Waals surface area contributed by atoms with Crippen molar-refractivity contribution in [3.63, 3.8) is 0 Å². The van der Waals surface area contributed by atoms with Crippen molar-refractivity contribution in [2.45, 2.75) is 26.5 Å². The number of imide groups is 1. The molecule has 0 N–H and O–H groups in total. The van der Waals surface area contributed by atoms with Crippen molar-refractivity contribution in [3.8, 4) is 11.5 Å². The molecule has 1 aliphatic heterocycles. The molecule has 1 saturated heterocycles. The van der Waals surface area contributed by atoms with Crippen molar-refractivity contribution >= 4 is 50.9 Å². The monoisotopic (exact) mass is 537 g/mol. The maximum atomic E-state index is 13.9. The molecule has 1 fully saturated rings. The molecule has 0 aliphatic carbocycles. The number of ether oxygens (including phenoxy) is 3. The number of rotatable bonds is 8. The van der Waals surface area contributed by atoms with Crippen molar-refractivity contribution in [3.05, 3.63) is 62.7 Å². The van der Waals surface area contributed by atoms with E-state index in [1.165, 1.54) is 26.2 Å². The Morgan fingerprint density at radius 2 is 1.97 bits per heavy atom. The van der Waals surface area contributed by atoms with Crippen molar-refractivity contribution in [1.29, 1.82) is 0 Å².